The summed E-state index contributed by atoms with van der Waals surface area (Å²) in [5, 5.41) is 1.17. The smallest absolute Gasteiger partial charge is 0.433 e. The number of likely N-dealkylation sites (N-methyl/N-ethyl adjacent to an activating group) is 1. The van der Waals surface area contributed by atoms with Crippen LogP contribution in [-0.4, -0.2) is 31.2 Å². The molecule has 29 heavy (non-hydrogen) atoms. The van der Waals surface area contributed by atoms with Crippen molar-refractivity contribution in [1.29, 1.82) is 0 Å². The number of hydrogen-bond donors (Lipinski definition) is 0. The topological polar surface area (TPSA) is 42.4 Å². The molecule has 0 aliphatic carbocycles. The maximum Gasteiger partial charge on any atom is 0.433 e. The Labute approximate surface area is 170 Å². The Hall–Kier alpha value is -2.80. The van der Waals surface area contributed by atoms with Crippen LogP contribution in [0.3, 0.4) is 0 Å². The summed E-state index contributed by atoms with van der Waals surface area (Å²) < 4.78 is 44.8. The van der Waals surface area contributed by atoms with Crippen LogP contribution < -0.4 is 4.90 Å². The molecule has 0 spiro atoms. The first kappa shape index (κ1) is 20.9. The number of carbonyl (C=O) groups is 1. The zero-order valence-corrected chi connectivity index (χ0v) is 16.3. The first-order valence-corrected chi connectivity index (χ1v) is 9.20. The van der Waals surface area contributed by atoms with Gasteiger partial charge in [-0.25, -0.2) is 4.98 Å². The third-order valence-corrected chi connectivity index (χ3v) is 4.60. The minimum atomic E-state index is -4.55. The highest BCUT2D eigenvalue weighted by Gasteiger charge is 2.33. The number of aromatic nitrogens is 1. The zero-order valence-electron chi connectivity index (χ0n) is 15.5. The third-order valence-electron chi connectivity index (χ3n) is 4.35. The first-order valence-electron chi connectivity index (χ1n) is 8.82. The van der Waals surface area contributed by atoms with E-state index in [4.69, 9.17) is 16.3 Å². The van der Waals surface area contributed by atoms with E-state index < -0.39 is 17.8 Å². The predicted molar refractivity (Wildman–Crippen MR) is 106 cm³/mol. The number of benzene rings is 2. The van der Waals surface area contributed by atoms with Crippen molar-refractivity contribution in [3.05, 3.63) is 70.9 Å². The van der Waals surface area contributed by atoms with Crippen molar-refractivity contribution < 1.29 is 22.7 Å². The number of para-hydroxylation sites is 1. The zero-order chi connectivity index (χ0) is 21.0. The van der Waals surface area contributed by atoms with E-state index in [1.807, 2.05) is 0 Å². The number of rotatable bonds is 6. The molecule has 2 aromatic carbocycles. The molecule has 3 rings (SSSR count). The van der Waals surface area contributed by atoms with E-state index in [0.29, 0.717) is 16.1 Å². The van der Waals surface area contributed by atoms with Gasteiger partial charge in [0.15, 0.2) is 0 Å². The van der Waals surface area contributed by atoms with Crippen molar-refractivity contribution in [2.75, 3.05) is 25.1 Å². The number of pyridine rings is 1. The van der Waals surface area contributed by atoms with E-state index >= 15 is 0 Å². The lowest BCUT2D eigenvalue weighted by molar-refractivity contribution is -0.142. The molecule has 0 aliphatic heterocycles. The minimum Gasteiger partial charge on any atom is -0.464 e. The maximum atomic E-state index is 13.2. The van der Waals surface area contributed by atoms with Gasteiger partial charge in [0.2, 0.25) is 0 Å². The third kappa shape index (κ3) is 5.38. The molecular formula is C21H18ClF3N2O2. The lowest BCUT2D eigenvalue weighted by Gasteiger charge is -2.22. The highest BCUT2D eigenvalue weighted by Crippen LogP contribution is 2.34. The van der Waals surface area contributed by atoms with Crippen LogP contribution in [0, 0.1) is 0 Å². The molecule has 0 bridgehead atoms. The summed E-state index contributed by atoms with van der Waals surface area (Å²) in [6.07, 6.45) is -4.46. The molecule has 0 aliphatic rings. The molecule has 0 N–H and O–H groups in total. The number of ether oxygens (including phenoxy) is 1. The molecule has 1 heterocycles. The second-order valence-electron chi connectivity index (χ2n) is 6.49. The Morgan fingerprint density at radius 2 is 1.83 bits per heavy atom. The Morgan fingerprint density at radius 1 is 1.14 bits per heavy atom. The van der Waals surface area contributed by atoms with Gasteiger partial charge in [0.05, 0.1) is 18.5 Å². The summed E-state index contributed by atoms with van der Waals surface area (Å²) >= 11 is 5.81. The molecule has 0 fully saturated rings. The van der Waals surface area contributed by atoms with Crippen LogP contribution in [0.2, 0.25) is 5.02 Å². The number of nitrogens with zero attached hydrogens (tertiary/aromatic N) is 2. The normalized spacial score (nSPS) is 11.5. The molecule has 0 amide bonds. The average molecular weight is 423 g/mol. The van der Waals surface area contributed by atoms with Gasteiger partial charge in [-0.3, -0.25) is 4.79 Å². The van der Waals surface area contributed by atoms with Crippen LogP contribution in [0.15, 0.2) is 54.6 Å². The SMILES string of the molecule is CN(CCOC(=O)Cc1ccc(Cl)cc1)c1cc(C(F)(F)F)nc2ccccc12. The monoisotopic (exact) mass is 422 g/mol. The Kier molecular flexibility index (Phi) is 6.27. The highest BCUT2D eigenvalue weighted by atomic mass is 35.5. The average Bonchev–Trinajstić information content (AvgIpc) is 2.68. The standard InChI is InChI=1S/C21H18ClF3N2O2/c1-27(10-11-29-20(28)12-14-6-8-15(22)9-7-14)18-13-19(21(23,24)25)26-17-5-3-2-4-16(17)18/h2-9,13H,10-12H2,1H3. The summed E-state index contributed by atoms with van der Waals surface area (Å²) in [6.45, 7) is 0.276. The molecule has 8 heteroatoms. The number of anilines is 1. The van der Waals surface area contributed by atoms with Crippen molar-refractivity contribution >= 4 is 34.2 Å². The van der Waals surface area contributed by atoms with E-state index in [0.717, 1.165) is 11.6 Å². The van der Waals surface area contributed by atoms with Gasteiger partial charge in [0, 0.05) is 23.1 Å². The lowest BCUT2D eigenvalue weighted by atomic mass is 10.1. The van der Waals surface area contributed by atoms with Crippen molar-refractivity contribution in [2.45, 2.75) is 12.6 Å². The fourth-order valence-corrected chi connectivity index (χ4v) is 2.98. The second kappa shape index (κ2) is 8.69. The molecule has 1 aromatic heterocycles. The Bertz CT molecular complexity index is 1010. The number of esters is 1. The predicted octanol–water partition coefficient (Wildman–Crippen LogP) is 5.13. The summed E-state index contributed by atoms with van der Waals surface area (Å²) in [6, 6.07) is 14.5. The van der Waals surface area contributed by atoms with Gasteiger partial charge in [0.25, 0.3) is 0 Å². The maximum absolute atomic E-state index is 13.2. The number of halogens is 4. The fraction of sp³-hybridized carbons (Fsp3) is 0.238. The van der Waals surface area contributed by atoms with E-state index in [1.54, 1.807) is 54.4 Å². The van der Waals surface area contributed by atoms with Crippen LogP contribution in [0.25, 0.3) is 10.9 Å². The number of fused-ring (bicyclic) bond motifs is 1. The molecular weight excluding hydrogens is 405 g/mol. The van der Waals surface area contributed by atoms with Gasteiger partial charge in [-0.15, -0.1) is 0 Å². The van der Waals surface area contributed by atoms with E-state index in [9.17, 15) is 18.0 Å². The molecule has 0 saturated carbocycles. The van der Waals surface area contributed by atoms with Crippen LogP contribution >= 0.6 is 11.6 Å². The molecule has 3 aromatic rings. The second-order valence-corrected chi connectivity index (χ2v) is 6.92. The minimum absolute atomic E-state index is 0.0426. The van der Waals surface area contributed by atoms with Crippen LogP contribution in [0.4, 0.5) is 18.9 Å². The van der Waals surface area contributed by atoms with Crippen molar-refractivity contribution in [1.82, 2.24) is 4.98 Å². The van der Waals surface area contributed by atoms with Gasteiger partial charge in [-0.05, 0) is 29.8 Å². The summed E-state index contributed by atoms with van der Waals surface area (Å²) in [5.74, 6) is -0.420. The van der Waals surface area contributed by atoms with Gasteiger partial charge in [-0.2, -0.15) is 13.2 Å². The molecule has 0 saturated heterocycles. The number of carbonyl (C=O) groups excluding carboxylic acids is 1. The van der Waals surface area contributed by atoms with E-state index in [2.05, 4.69) is 4.98 Å². The quantitative estimate of drug-likeness (QED) is 0.516. The Morgan fingerprint density at radius 3 is 2.52 bits per heavy atom. The summed E-state index contributed by atoms with van der Waals surface area (Å²) in [5.41, 5.74) is 0.432. The van der Waals surface area contributed by atoms with Gasteiger partial charge in [0.1, 0.15) is 12.3 Å². The van der Waals surface area contributed by atoms with Gasteiger partial charge < -0.3 is 9.64 Å². The van der Waals surface area contributed by atoms with E-state index in [1.165, 1.54) is 6.07 Å². The number of hydrogen-bond acceptors (Lipinski definition) is 4. The largest absolute Gasteiger partial charge is 0.464 e. The van der Waals surface area contributed by atoms with Crippen molar-refractivity contribution in [3.63, 3.8) is 0 Å². The van der Waals surface area contributed by atoms with E-state index in [-0.39, 0.29) is 25.1 Å². The van der Waals surface area contributed by atoms with Crippen LogP contribution in [0.1, 0.15) is 11.3 Å². The molecule has 0 radical (unpaired) electrons. The molecule has 4 nitrogen and oxygen atoms in total. The van der Waals surface area contributed by atoms with Crippen LogP contribution in [0.5, 0.6) is 0 Å². The molecule has 0 atom stereocenters. The first-order chi connectivity index (χ1) is 13.7. The fourth-order valence-electron chi connectivity index (χ4n) is 2.85. The summed E-state index contributed by atoms with van der Waals surface area (Å²) in [7, 11) is 1.65. The molecule has 152 valence electrons. The van der Waals surface area contributed by atoms with Crippen molar-refractivity contribution in [2.24, 2.45) is 0 Å². The lowest BCUT2D eigenvalue weighted by Crippen LogP contribution is -2.25. The van der Waals surface area contributed by atoms with Crippen LogP contribution in [-0.2, 0) is 22.1 Å². The summed E-state index contributed by atoms with van der Waals surface area (Å²) in [4.78, 5) is 17.3. The van der Waals surface area contributed by atoms with Gasteiger partial charge >= 0.3 is 12.1 Å². The number of alkyl halides is 3. The Balaban J connectivity index is 1.67. The van der Waals surface area contributed by atoms with Gasteiger partial charge in [-0.1, -0.05) is 41.9 Å². The highest BCUT2D eigenvalue weighted by molar-refractivity contribution is 6.30. The molecule has 0 unspecified atom stereocenters. The van der Waals surface area contributed by atoms with Crippen molar-refractivity contribution in [3.8, 4) is 0 Å².